The van der Waals surface area contributed by atoms with Gasteiger partial charge in [-0.3, -0.25) is 13.8 Å². The van der Waals surface area contributed by atoms with E-state index >= 15 is 0 Å². The lowest BCUT2D eigenvalue weighted by Crippen LogP contribution is -2.45. The van der Waals surface area contributed by atoms with Gasteiger partial charge in [0.25, 0.3) is 0 Å². The molecule has 0 aliphatic rings. The van der Waals surface area contributed by atoms with Crippen molar-refractivity contribution in [2.24, 2.45) is 5.73 Å². The lowest BCUT2D eigenvalue weighted by Gasteiger charge is -2.23. The predicted octanol–water partition coefficient (Wildman–Crippen LogP) is 9.83. The number of carbonyl (C=O) groups is 1. The first kappa shape index (κ1) is 45.0. The third kappa shape index (κ3) is 31.6. The molecule has 0 aromatic rings. The zero-order valence-corrected chi connectivity index (χ0v) is 30.7. The van der Waals surface area contributed by atoms with E-state index in [1.54, 1.807) is 6.08 Å². The Hall–Kier alpha value is -1.02. The lowest BCUT2D eigenvalue weighted by molar-refractivity contribution is -0.123. The van der Waals surface area contributed by atoms with Crippen LogP contribution in [0.4, 0.5) is 0 Å². The number of nitrogens with one attached hydrogen (secondary N) is 1. The molecule has 46 heavy (non-hydrogen) atoms. The summed E-state index contributed by atoms with van der Waals surface area (Å²) in [5.41, 5.74) is 5.35. The molecule has 0 aliphatic heterocycles. The van der Waals surface area contributed by atoms with Crippen LogP contribution in [0.2, 0.25) is 0 Å². The van der Waals surface area contributed by atoms with Crippen LogP contribution in [0.5, 0.6) is 0 Å². The van der Waals surface area contributed by atoms with Crippen molar-refractivity contribution in [3.63, 3.8) is 0 Å². The number of hydrogen-bond acceptors (Lipinski definition) is 6. The molecule has 0 saturated heterocycles. The Morgan fingerprint density at radius 3 is 1.67 bits per heavy atom. The molecule has 272 valence electrons. The summed E-state index contributed by atoms with van der Waals surface area (Å²) in [7, 11) is -4.33. The molecule has 3 unspecified atom stereocenters. The molecule has 0 spiro atoms. The van der Waals surface area contributed by atoms with Crippen LogP contribution in [0.1, 0.15) is 174 Å². The molecule has 8 nitrogen and oxygen atoms in total. The third-order valence-corrected chi connectivity index (χ3v) is 9.26. The smallest absolute Gasteiger partial charge is 0.387 e. The lowest BCUT2D eigenvalue weighted by atomic mass is 10.0. The molecule has 0 rings (SSSR count). The van der Waals surface area contributed by atoms with Crippen LogP contribution >= 0.6 is 7.82 Å². The van der Waals surface area contributed by atoms with E-state index in [0.717, 1.165) is 38.5 Å². The quantitative estimate of drug-likeness (QED) is 0.0299. The monoisotopic (exact) mass is 673 g/mol. The van der Waals surface area contributed by atoms with E-state index in [-0.39, 0.29) is 25.7 Å². The molecule has 3 atom stereocenters. The fourth-order valence-corrected chi connectivity index (χ4v) is 6.14. The predicted molar refractivity (Wildman–Crippen MR) is 194 cm³/mol. The summed E-state index contributed by atoms with van der Waals surface area (Å²) in [6.07, 6.45) is 36.5. The van der Waals surface area contributed by atoms with Crippen molar-refractivity contribution in [2.75, 3.05) is 19.8 Å². The van der Waals surface area contributed by atoms with E-state index in [1.807, 2.05) is 6.08 Å². The second-order valence-electron chi connectivity index (χ2n) is 12.8. The number of phosphoric ester groups is 1. The molecule has 0 aliphatic carbocycles. The molecule has 0 fully saturated rings. The SMILES string of the molecule is CCCCCCCCCCCC/C=C/CC/C=C/C(O)C(COP(=O)(O)OCCN)NC(=O)CCCCCCCCCCCCC. The highest BCUT2D eigenvalue weighted by atomic mass is 31.2. The summed E-state index contributed by atoms with van der Waals surface area (Å²) in [6.45, 7) is 4.09. The van der Waals surface area contributed by atoms with Crippen molar-refractivity contribution in [1.29, 1.82) is 0 Å². The van der Waals surface area contributed by atoms with Crippen LogP contribution in [-0.4, -0.2) is 47.8 Å². The normalized spacial score (nSPS) is 14.6. The summed E-state index contributed by atoms with van der Waals surface area (Å²) >= 11 is 0. The first-order valence-corrected chi connectivity index (χ1v) is 20.5. The summed E-state index contributed by atoms with van der Waals surface area (Å²) < 4.78 is 22.0. The summed E-state index contributed by atoms with van der Waals surface area (Å²) in [5, 5.41) is 13.6. The van der Waals surface area contributed by atoms with Crippen molar-refractivity contribution in [3.05, 3.63) is 24.3 Å². The van der Waals surface area contributed by atoms with E-state index in [2.05, 4.69) is 31.3 Å². The number of aliphatic hydroxyl groups is 1. The maximum absolute atomic E-state index is 12.6. The minimum atomic E-state index is -4.33. The Kier molecular flexibility index (Phi) is 33.1. The molecule has 0 heterocycles. The molecular formula is C37H73N2O6P. The van der Waals surface area contributed by atoms with Crippen molar-refractivity contribution < 1.29 is 28.4 Å². The Morgan fingerprint density at radius 2 is 1.15 bits per heavy atom. The van der Waals surface area contributed by atoms with Gasteiger partial charge in [0.2, 0.25) is 5.91 Å². The van der Waals surface area contributed by atoms with Gasteiger partial charge in [-0.05, 0) is 32.1 Å². The first-order valence-electron chi connectivity index (χ1n) is 19.0. The molecule has 0 saturated carbocycles. The fourth-order valence-electron chi connectivity index (χ4n) is 5.38. The summed E-state index contributed by atoms with van der Waals surface area (Å²) in [4.78, 5) is 22.5. The molecular weight excluding hydrogens is 599 g/mol. The maximum atomic E-state index is 12.6. The van der Waals surface area contributed by atoms with Crippen LogP contribution in [-0.2, 0) is 18.4 Å². The third-order valence-electron chi connectivity index (χ3n) is 8.28. The van der Waals surface area contributed by atoms with Gasteiger partial charge < -0.3 is 21.1 Å². The number of unbranched alkanes of at least 4 members (excludes halogenated alkanes) is 21. The molecule has 5 N–H and O–H groups in total. The van der Waals surface area contributed by atoms with Gasteiger partial charge in [0.05, 0.1) is 25.4 Å². The van der Waals surface area contributed by atoms with Gasteiger partial charge in [-0.1, -0.05) is 160 Å². The topological polar surface area (TPSA) is 131 Å². The van der Waals surface area contributed by atoms with E-state index in [1.165, 1.54) is 116 Å². The van der Waals surface area contributed by atoms with Gasteiger partial charge in [-0.25, -0.2) is 4.57 Å². The van der Waals surface area contributed by atoms with Crippen molar-refractivity contribution in [3.8, 4) is 0 Å². The number of hydrogen-bond donors (Lipinski definition) is 4. The Morgan fingerprint density at radius 1 is 0.696 bits per heavy atom. The summed E-state index contributed by atoms with van der Waals surface area (Å²) in [5.74, 6) is -0.206. The Bertz CT molecular complexity index is 779. The number of phosphoric acid groups is 1. The van der Waals surface area contributed by atoms with Gasteiger partial charge in [-0.2, -0.15) is 0 Å². The molecule has 9 heteroatoms. The van der Waals surface area contributed by atoms with Crippen molar-refractivity contribution in [1.82, 2.24) is 5.32 Å². The zero-order chi connectivity index (χ0) is 34.0. The Balaban J connectivity index is 4.36. The minimum absolute atomic E-state index is 0.0755. The highest BCUT2D eigenvalue weighted by Gasteiger charge is 2.26. The number of carbonyl (C=O) groups excluding carboxylic acids is 1. The average Bonchev–Trinajstić information content (AvgIpc) is 3.04. The first-order chi connectivity index (χ1) is 22.4. The fraction of sp³-hybridized carbons (Fsp3) is 0.865. The maximum Gasteiger partial charge on any atom is 0.472 e. The van der Waals surface area contributed by atoms with Gasteiger partial charge in [0.1, 0.15) is 0 Å². The van der Waals surface area contributed by atoms with Crippen LogP contribution in [0.25, 0.3) is 0 Å². The zero-order valence-electron chi connectivity index (χ0n) is 29.8. The highest BCUT2D eigenvalue weighted by molar-refractivity contribution is 7.47. The molecule has 1 amide bonds. The molecule has 0 aromatic heterocycles. The summed E-state index contributed by atoms with van der Waals surface area (Å²) in [6, 6.07) is -0.870. The molecule has 0 bridgehead atoms. The number of nitrogens with two attached hydrogens (primary N) is 1. The van der Waals surface area contributed by atoms with Crippen LogP contribution < -0.4 is 11.1 Å². The number of aliphatic hydroxyl groups excluding tert-OH is 1. The second kappa shape index (κ2) is 33.9. The largest absolute Gasteiger partial charge is 0.472 e. The van der Waals surface area contributed by atoms with Crippen molar-refractivity contribution >= 4 is 13.7 Å². The average molecular weight is 673 g/mol. The highest BCUT2D eigenvalue weighted by Crippen LogP contribution is 2.43. The van der Waals surface area contributed by atoms with Crippen LogP contribution in [0, 0.1) is 0 Å². The minimum Gasteiger partial charge on any atom is -0.387 e. The van der Waals surface area contributed by atoms with Crippen molar-refractivity contribution in [2.45, 2.75) is 187 Å². The van der Waals surface area contributed by atoms with Gasteiger partial charge in [0, 0.05) is 13.0 Å². The van der Waals surface area contributed by atoms with E-state index in [4.69, 9.17) is 14.8 Å². The van der Waals surface area contributed by atoms with E-state index in [0.29, 0.717) is 6.42 Å². The number of amides is 1. The van der Waals surface area contributed by atoms with Crippen LogP contribution in [0.15, 0.2) is 24.3 Å². The van der Waals surface area contributed by atoms with E-state index < -0.39 is 20.0 Å². The number of allylic oxidation sites excluding steroid dienone is 3. The van der Waals surface area contributed by atoms with E-state index in [9.17, 15) is 19.4 Å². The van der Waals surface area contributed by atoms with Crippen LogP contribution in [0.3, 0.4) is 0 Å². The second-order valence-corrected chi connectivity index (χ2v) is 14.2. The van der Waals surface area contributed by atoms with Gasteiger partial charge in [0.15, 0.2) is 0 Å². The molecule has 0 radical (unpaired) electrons. The Labute approximate surface area is 283 Å². The van der Waals surface area contributed by atoms with Gasteiger partial charge >= 0.3 is 7.82 Å². The van der Waals surface area contributed by atoms with Gasteiger partial charge in [-0.15, -0.1) is 0 Å². The number of rotatable bonds is 35. The standard InChI is InChI=1S/C37H73N2O6P/c1-3-5-7-9-11-13-15-16-17-18-19-21-22-24-26-28-30-36(40)35(34-45-46(42,43)44-33-32-38)39-37(41)31-29-27-25-23-20-14-12-10-8-6-4-2/h21-22,28,30,35-36,40H,3-20,23-27,29,31-34,38H2,1-2H3,(H,39,41)(H,42,43)/b22-21+,30-28+. The molecule has 0 aromatic carbocycles.